The predicted octanol–water partition coefficient (Wildman–Crippen LogP) is 3.09. The first-order valence-corrected chi connectivity index (χ1v) is 8.48. The number of likely N-dealkylation sites (tertiary alicyclic amines) is 1. The molecular weight excluding hydrogens is 308 g/mol. The molecule has 1 aliphatic rings. The Morgan fingerprint density at radius 3 is 2.83 bits per heavy atom. The molecule has 6 heteroatoms. The first-order valence-electron chi connectivity index (χ1n) is 7.60. The van der Waals surface area contributed by atoms with Crippen molar-refractivity contribution in [1.29, 1.82) is 0 Å². The van der Waals surface area contributed by atoms with Crippen molar-refractivity contribution in [3.63, 3.8) is 0 Å². The molecule has 0 saturated carbocycles. The van der Waals surface area contributed by atoms with E-state index in [0.717, 1.165) is 29.2 Å². The highest BCUT2D eigenvalue weighted by Crippen LogP contribution is 2.28. The molecule has 0 spiro atoms. The Labute approximate surface area is 138 Å². The Morgan fingerprint density at radius 1 is 1.17 bits per heavy atom. The first kappa shape index (κ1) is 14.1. The first-order chi connectivity index (χ1) is 11.3. The molecule has 4 rings (SSSR count). The molecule has 116 valence electrons. The van der Waals surface area contributed by atoms with Gasteiger partial charge in [-0.15, -0.1) is 21.5 Å². The van der Waals surface area contributed by atoms with Gasteiger partial charge in [0.25, 0.3) is 5.91 Å². The highest BCUT2D eigenvalue weighted by atomic mass is 32.1. The van der Waals surface area contributed by atoms with E-state index in [1.807, 2.05) is 52.7 Å². The van der Waals surface area contributed by atoms with Gasteiger partial charge >= 0.3 is 0 Å². The van der Waals surface area contributed by atoms with Crippen LogP contribution in [0.1, 0.15) is 22.1 Å². The van der Waals surface area contributed by atoms with Crippen LogP contribution in [-0.4, -0.2) is 38.7 Å². The van der Waals surface area contributed by atoms with Crippen LogP contribution < -0.4 is 0 Å². The number of aromatic nitrogens is 3. The molecule has 23 heavy (non-hydrogen) atoms. The van der Waals surface area contributed by atoms with E-state index < -0.39 is 0 Å². The molecule has 0 aliphatic carbocycles. The molecule has 1 amide bonds. The molecule has 3 heterocycles. The van der Waals surface area contributed by atoms with Gasteiger partial charge in [0.15, 0.2) is 5.82 Å². The van der Waals surface area contributed by atoms with Crippen molar-refractivity contribution in [3.8, 4) is 11.4 Å². The Morgan fingerprint density at radius 2 is 2.04 bits per heavy atom. The summed E-state index contributed by atoms with van der Waals surface area (Å²) >= 11 is 1.49. The molecule has 1 unspecified atom stereocenters. The van der Waals surface area contributed by atoms with Crippen molar-refractivity contribution in [2.45, 2.75) is 12.5 Å². The lowest BCUT2D eigenvalue weighted by atomic mass is 10.2. The molecule has 0 radical (unpaired) electrons. The fourth-order valence-corrected chi connectivity index (χ4v) is 3.70. The number of thiophene rings is 1. The average Bonchev–Trinajstić information content (AvgIpc) is 3.35. The van der Waals surface area contributed by atoms with Crippen LogP contribution in [0.15, 0.2) is 54.2 Å². The molecule has 1 saturated heterocycles. The quantitative estimate of drug-likeness (QED) is 0.744. The van der Waals surface area contributed by atoms with Crippen molar-refractivity contribution in [2.24, 2.45) is 0 Å². The van der Waals surface area contributed by atoms with Gasteiger partial charge in [-0.1, -0.05) is 36.4 Å². The zero-order valence-electron chi connectivity index (χ0n) is 12.5. The number of hydrogen-bond acceptors (Lipinski definition) is 4. The zero-order chi connectivity index (χ0) is 15.6. The molecule has 5 nitrogen and oxygen atoms in total. The van der Waals surface area contributed by atoms with Crippen LogP contribution in [0, 0.1) is 0 Å². The third kappa shape index (κ3) is 2.66. The maximum Gasteiger partial charge on any atom is 0.263 e. The second kappa shape index (κ2) is 5.96. The van der Waals surface area contributed by atoms with Gasteiger partial charge in [0.05, 0.1) is 10.9 Å². The molecule has 1 aromatic carbocycles. The van der Waals surface area contributed by atoms with E-state index in [1.54, 1.807) is 6.33 Å². The minimum absolute atomic E-state index is 0.122. The molecule has 1 aliphatic heterocycles. The van der Waals surface area contributed by atoms with E-state index in [4.69, 9.17) is 0 Å². The Balaban J connectivity index is 1.55. The van der Waals surface area contributed by atoms with Crippen LogP contribution in [0.4, 0.5) is 0 Å². The van der Waals surface area contributed by atoms with E-state index in [0.29, 0.717) is 6.54 Å². The largest absolute Gasteiger partial charge is 0.336 e. The van der Waals surface area contributed by atoms with Crippen LogP contribution >= 0.6 is 11.3 Å². The lowest BCUT2D eigenvalue weighted by molar-refractivity contribution is 0.0792. The fraction of sp³-hybridized carbons (Fsp3) is 0.235. The average molecular weight is 324 g/mol. The summed E-state index contributed by atoms with van der Waals surface area (Å²) in [4.78, 5) is 15.2. The number of nitrogens with zero attached hydrogens (tertiary/aromatic N) is 4. The van der Waals surface area contributed by atoms with Gasteiger partial charge in [0.1, 0.15) is 6.33 Å². The summed E-state index contributed by atoms with van der Waals surface area (Å²) in [6, 6.07) is 14.1. The van der Waals surface area contributed by atoms with E-state index in [1.165, 1.54) is 11.3 Å². The Kier molecular flexibility index (Phi) is 3.67. The molecule has 0 bridgehead atoms. The summed E-state index contributed by atoms with van der Waals surface area (Å²) in [6.45, 7) is 1.47. The monoisotopic (exact) mass is 324 g/mol. The highest BCUT2D eigenvalue weighted by molar-refractivity contribution is 7.12. The van der Waals surface area contributed by atoms with Gasteiger partial charge in [-0.05, 0) is 17.9 Å². The molecule has 0 N–H and O–H groups in total. The van der Waals surface area contributed by atoms with E-state index in [-0.39, 0.29) is 11.9 Å². The van der Waals surface area contributed by atoms with Crippen molar-refractivity contribution >= 4 is 17.2 Å². The fourth-order valence-electron chi connectivity index (χ4n) is 3.01. The van der Waals surface area contributed by atoms with Crippen molar-refractivity contribution in [1.82, 2.24) is 19.7 Å². The maximum absolute atomic E-state index is 12.5. The normalized spacial score (nSPS) is 17.6. The second-order valence-corrected chi connectivity index (χ2v) is 6.55. The van der Waals surface area contributed by atoms with Crippen LogP contribution in [0.25, 0.3) is 11.4 Å². The van der Waals surface area contributed by atoms with E-state index >= 15 is 0 Å². The third-order valence-electron chi connectivity index (χ3n) is 4.18. The van der Waals surface area contributed by atoms with Gasteiger partial charge in [-0.2, -0.15) is 0 Å². The SMILES string of the molecule is O=C(c1cccs1)N1CCC(n2cnnc2-c2ccccc2)C1. The van der Waals surface area contributed by atoms with Crippen LogP contribution in [0.5, 0.6) is 0 Å². The number of rotatable bonds is 3. The number of carbonyl (C=O) groups is 1. The standard InChI is InChI=1S/C17H16N4OS/c22-17(15-7-4-10-23-15)20-9-8-14(11-20)21-12-18-19-16(21)13-5-2-1-3-6-13/h1-7,10,12,14H,8-9,11H2. The van der Waals surface area contributed by atoms with Gasteiger partial charge < -0.3 is 9.47 Å². The van der Waals surface area contributed by atoms with Gasteiger partial charge in [-0.3, -0.25) is 4.79 Å². The molecule has 1 fully saturated rings. The van der Waals surface area contributed by atoms with Gasteiger partial charge in [-0.25, -0.2) is 0 Å². The molecule has 3 aromatic rings. The van der Waals surface area contributed by atoms with Crippen LogP contribution in [-0.2, 0) is 0 Å². The molecular formula is C17H16N4OS. The molecule has 1 atom stereocenters. The summed E-state index contributed by atoms with van der Waals surface area (Å²) in [5.74, 6) is 0.984. The Bertz CT molecular complexity index is 797. The maximum atomic E-state index is 12.5. The number of hydrogen-bond donors (Lipinski definition) is 0. The predicted molar refractivity (Wildman–Crippen MR) is 89.3 cm³/mol. The number of benzene rings is 1. The lowest BCUT2D eigenvalue weighted by Gasteiger charge is -2.17. The van der Waals surface area contributed by atoms with Crippen molar-refractivity contribution < 1.29 is 4.79 Å². The van der Waals surface area contributed by atoms with Crippen molar-refractivity contribution in [3.05, 3.63) is 59.0 Å². The van der Waals surface area contributed by atoms with Crippen LogP contribution in [0.2, 0.25) is 0 Å². The van der Waals surface area contributed by atoms with Crippen molar-refractivity contribution in [2.75, 3.05) is 13.1 Å². The smallest absolute Gasteiger partial charge is 0.263 e. The summed E-state index contributed by atoms with van der Waals surface area (Å²) in [6.07, 6.45) is 2.70. The van der Waals surface area contributed by atoms with Gasteiger partial charge in [0, 0.05) is 18.7 Å². The summed E-state index contributed by atoms with van der Waals surface area (Å²) in [5.41, 5.74) is 1.05. The topological polar surface area (TPSA) is 51.0 Å². The zero-order valence-corrected chi connectivity index (χ0v) is 13.3. The third-order valence-corrected chi connectivity index (χ3v) is 5.04. The molecule has 2 aromatic heterocycles. The summed E-state index contributed by atoms with van der Waals surface area (Å²) < 4.78 is 2.09. The number of carbonyl (C=O) groups excluding carboxylic acids is 1. The highest BCUT2D eigenvalue weighted by Gasteiger charge is 2.29. The summed E-state index contributed by atoms with van der Waals surface area (Å²) in [7, 11) is 0. The second-order valence-electron chi connectivity index (χ2n) is 5.60. The van der Waals surface area contributed by atoms with Gasteiger partial charge in [0.2, 0.25) is 0 Å². The van der Waals surface area contributed by atoms with E-state index in [2.05, 4.69) is 14.8 Å². The van der Waals surface area contributed by atoms with E-state index in [9.17, 15) is 4.79 Å². The minimum atomic E-state index is 0.122. The summed E-state index contributed by atoms with van der Waals surface area (Å²) in [5, 5.41) is 10.3. The lowest BCUT2D eigenvalue weighted by Crippen LogP contribution is -2.28. The van der Waals surface area contributed by atoms with Crippen LogP contribution in [0.3, 0.4) is 0 Å². The minimum Gasteiger partial charge on any atom is -0.336 e. The Hall–Kier alpha value is -2.47. The number of amides is 1.